The third kappa shape index (κ3) is 6.08. The molecule has 0 unspecified atom stereocenters. The molecule has 1 fully saturated rings. The maximum Gasteiger partial charge on any atom is 0.244 e. The lowest BCUT2D eigenvalue weighted by Crippen LogP contribution is -2.55. The number of amides is 2. The molecule has 7 N–H and O–H groups in total. The van der Waals surface area contributed by atoms with Crippen LogP contribution in [-0.2, 0) is 19.6 Å². The SMILES string of the molecule is N=C(N)NCCCCN([C@@H](CO)C(=O)N1CCC[C@@H]1C(N)=O)S(=O)(=O)c1ccc2ccccc2c1. The normalized spacial score (nSPS) is 17.0. The van der Waals surface area contributed by atoms with Crippen molar-refractivity contribution in [2.45, 2.75) is 42.7 Å². The van der Waals surface area contributed by atoms with Crippen LogP contribution in [0.3, 0.4) is 0 Å². The Kier molecular flexibility index (Phi) is 8.65. The van der Waals surface area contributed by atoms with Crippen LogP contribution < -0.4 is 16.8 Å². The van der Waals surface area contributed by atoms with E-state index >= 15 is 0 Å². The quantitative estimate of drug-likeness (QED) is 0.161. The van der Waals surface area contributed by atoms with Crippen molar-refractivity contribution < 1.29 is 23.1 Å². The minimum absolute atomic E-state index is 0.00261. The van der Waals surface area contributed by atoms with Crippen LogP contribution in [0.5, 0.6) is 0 Å². The summed E-state index contributed by atoms with van der Waals surface area (Å²) in [6.07, 6.45) is 1.78. The van der Waals surface area contributed by atoms with Crippen LogP contribution in [-0.4, -0.2) is 78.8 Å². The number of fused-ring (bicyclic) bond motifs is 1. The van der Waals surface area contributed by atoms with Gasteiger partial charge in [0.25, 0.3) is 0 Å². The minimum Gasteiger partial charge on any atom is -0.394 e. The predicted molar refractivity (Wildman–Crippen MR) is 132 cm³/mol. The highest BCUT2D eigenvalue weighted by Crippen LogP contribution is 2.26. The molecule has 0 aromatic heterocycles. The molecule has 2 atom stereocenters. The monoisotopic (exact) mass is 504 g/mol. The van der Waals surface area contributed by atoms with Gasteiger partial charge >= 0.3 is 0 Å². The highest BCUT2D eigenvalue weighted by molar-refractivity contribution is 7.89. The van der Waals surface area contributed by atoms with E-state index in [0.717, 1.165) is 15.1 Å². The Morgan fingerprint density at radius 2 is 1.89 bits per heavy atom. The first-order chi connectivity index (χ1) is 16.7. The molecule has 1 aliphatic rings. The molecule has 0 bridgehead atoms. The molecular weight excluding hydrogens is 472 g/mol. The number of carbonyl (C=O) groups is 2. The lowest BCUT2D eigenvalue weighted by molar-refractivity contribution is -0.141. The van der Waals surface area contributed by atoms with Gasteiger partial charge < -0.3 is 26.8 Å². The standard InChI is InChI=1S/C23H32N6O5S/c24-21(31)19-8-5-12-28(19)22(32)20(15-30)29(13-4-3-11-27-23(25)26)35(33,34)18-10-9-16-6-1-2-7-17(16)14-18/h1-2,6-7,9-10,14,19-20,30H,3-5,8,11-13,15H2,(H2,24,31)(H4,25,26,27)/t19-,20+/m1/s1. The van der Waals surface area contributed by atoms with E-state index in [2.05, 4.69) is 5.32 Å². The summed E-state index contributed by atoms with van der Waals surface area (Å²) in [7, 11) is -4.20. The number of guanidine groups is 1. The first-order valence-corrected chi connectivity index (χ1v) is 12.9. The molecule has 1 saturated heterocycles. The van der Waals surface area contributed by atoms with Gasteiger partial charge in [0.05, 0.1) is 11.5 Å². The van der Waals surface area contributed by atoms with E-state index in [4.69, 9.17) is 16.9 Å². The summed E-state index contributed by atoms with van der Waals surface area (Å²) in [6, 6.07) is 9.77. The number of hydrogen-bond acceptors (Lipinski definition) is 6. The largest absolute Gasteiger partial charge is 0.394 e. The van der Waals surface area contributed by atoms with Crippen molar-refractivity contribution in [1.82, 2.24) is 14.5 Å². The summed E-state index contributed by atoms with van der Waals surface area (Å²) in [5, 5.41) is 21.7. The molecule has 190 valence electrons. The summed E-state index contributed by atoms with van der Waals surface area (Å²) >= 11 is 0. The first-order valence-electron chi connectivity index (χ1n) is 11.5. The van der Waals surface area contributed by atoms with Crippen LogP contribution in [0, 0.1) is 5.41 Å². The molecule has 2 aromatic rings. The van der Waals surface area contributed by atoms with Crippen LogP contribution in [0.2, 0.25) is 0 Å². The number of nitrogens with two attached hydrogens (primary N) is 2. The zero-order valence-electron chi connectivity index (χ0n) is 19.4. The molecular formula is C23H32N6O5S. The van der Waals surface area contributed by atoms with Crippen molar-refractivity contribution in [2.24, 2.45) is 11.5 Å². The van der Waals surface area contributed by atoms with E-state index in [-0.39, 0.29) is 23.9 Å². The lowest BCUT2D eigenvalue weighted by Gasteiger charge is -2.33. The van der Waals surface area contributed by atoms with Gasteiger partial charge in [-0.1, -0.05) is 30.3 Å². The fraction of sp³-hybridized carbons (Fsp3) is 0.435. The lowest BCUT2D eigenvalue weighted by atomic mass is 10.1. The Morgan fingerprint density at radius 3 is 2.54 bits per heavy atom. The molecule has 2 amide bonds. The number of hydrogen-bond donors (Lipinski definition) is 5. The third-order valence-corrected chi connectivity index (χ3v) is 8.02. The van der Waals surface area contributed by atoms with Crippen LogP contribution in [0.4, 0.5) is 0 Å². The summed E-state index contributed by atoms with van der Waals surface area (Å²) < 4.78 is 28.5. The first kappa shape index (κ1) is 26.4. The zero-order valence-corrected chi connectivity index (χ0v) is 20.2. The number of aliphatic hydroxyl groups excluding tert-OH is 1. The third-order valence-electron chi connectivity index (χ3n) is 6.12. The number of benzene rings is 2. The van der Waals surface area contributed by atoms with Gasteiger partial charge in [-0.25, -0.2) is 8.42 Å². The van der Waals surface area contributed by atoms with E-state index in [9.17, 15) is 23.1 Å². The van der Waals surface area contributed by atoms with Gasteiger partial charge in [0.15, 0.2) is 5.96 Å². The average molecular weight is 505 g/mol. The van der Waals surface area contributed by atoms with Gasteiger partial charge in [-0.3, -0.25) is 15.0 Å². The molecule has 12 heteroatoms. The van der Waals surface area contributed by atoms with E-state index in [1.54, 1.807) is 18.2 Å². The number of rotatable bonds is 11. The molecule has 1 heterocycles. The molecule has 11 nitrogen and oxygen atoms in total. The fourth-order valence-corrected chi connectivity index (χ4v) is 5.98. The molecule has 3 rings (SSSR count). The Bertz CT molecular complexity index is 1190. The zero-order chi connectivity index (χ0) is 25.6. The molecule has 35 heavy (non-hydrogen) atoms. The van der Waals surface area contributed by atoms with E-state index in [1.165, 1.54) is 17.0 Å². The topological polar surface area (TPSA) is 183 Å². The number of primary amides is 1. The van der Waals surface area contributed by atoms with Crippen LogP contribution in [0.1, 0.15) is 25.7 Å². The predicted octanol–water partition coefficient (Wildman–Crippen LogP) is -0.0690. The number of nitrogens with zero attached hydrogens (tertiary/aromatic N) is 2. The number of unbranched alkanes of at least 4 members (excludes halogenated alkanes) is 1. The number of likely N-dealkylation sites (tertiary alicyclic amines) is 1. The molecule has 1 aliphatic heterocycles. The molecule has 0 radical (unpaired) electrons. The van der Waals surface area contributed by atoms with Gasteiger partial charge in [-0.15, -0.1) is 0 Å². The van der Waals surface area contributed by atoms with E-state index < -0.39 is 40.5 Å². The van der Waals surface area contributed by atoms with Gasteiger partial charge in [-0.05, 0) is 48.6 Å². The summed E-state index contributed by atoms with van der Waals surface area (Å²) in [4.78, 5) is 26.5. The summed E-state index contributed by atoms with van der Waals surface area (Å²) in [6.45, 7) is -0.192. The van der Waals surface area contributed by atoms with Crippen molar-refractivity contribution in [3.05, 3.63) is 42.5 Å². The van der Waals surface area contributed by atoms with Gasteiger partial charge in [0, 0.05) is 19.6 Å². The fourth-order valence-electron chi connectivity index (χ4n) is 4.33. The number of aliphatic hydroxyl groups is 1. The summed E-state index contributed by atoms with van der Waals surface area (Å²) in [5.74, 6) is -1.51. The Morgan fingerprint density at radius 1 is 1.17 bits per heavy atom. The highest BCUT2D eigenvalue weighted by Gasteiger charge is 2.41. The maximum atomic E-state index is 13.8. The smallest absolute Gasteiger partial charge is 0.244 e. The minimum atomic E-state index is -4.20. The van der Waals surface area contributed by atoms with Crippen molar-refractivity contribution in [2.75, 3.05) is 26.2 Å². The second kappa shape index (κ2) is 11.5. The number of nitrogens with one attached hydrogen (secondary N) is 2. The summed E-state index contributed by atoms with van der Waals surface area (Å²) in [5.41, 5.74) is 10.7. The van der Waals surface area contributed by atoms with Gasteiger partial charge in [0.1, 0.15) is 12.1 Å². The molecule has 2 aromatic carbocycles. The molecule has 0 saturated carbocycles. The highest BCUT2D eigenvalue weighted by atomic mass is 32.2. The Hall–Kier alpha value is -3.22. The van der Waals surface area contributed by atoms with Crippen LogP contribution in [0.25, 0.3) is 10.8 Å². The van der Waals surface area contributed by atoms with Crippen molar-refractivity contribution >= 4 is 38.6 Å². The van der Waals surface area contributed by atoms with E-state index in [1.807, 2.05) is 12.1 Å². The van der Waals surface area contributed by atoms with Crippen molar-refractivity contribution in [3.63, 3.8) is 0 Å². The molecule has 0 spiro atoms. The number of sulfonamides is 1. The number of carbonyl (C=O) groups excluding carboxylic acids is 2. The maximum absolute atomic E-state index is 13.8. The second-order valence-corrected chi connectivity index (χ2v) is 10.4. The van der Waals surface area contributed by atoms with E-state index in [0.29, 0.717) is 32.2 Å². The van der Waals surface area contributed by atoms with Crippen molar-refractivity contribution in [3.8, 4) is 0 Å². The Labute approximate surface area is 204 Å². The van der Waals surface area contributed by atoms with Crippen LogP contribution in [0.15, 0.2) is 47.4 Å². The second-order valence-electron chi connectivity index (χ2n) is 8.46. The van der Waals surface area contributed by atoms with Crippen LogP contribution >= 0.6 is 0 Å². The molecule has 0 aliphatic carbocycles. The average Bonchev–Trinajstić information content (AvgIpc) is 3.33. The van der Waals surface area contributed by atoms with Gasteiger partial charge in [-0.2, -0.15) is 4.31 Å². The Balaban J connectivity index is 1.93. The van der Waals surface area contributed by atoms with Gasteiger partial charge in [0.2, 0.25) is 21.8 Å². The van der Waals surface area contributed by atoms with Crippen molar-refractivity contribution in [1.29, 1.82) is 5.41 Å².